The first-order chi connectivity index (χ1) is 13.1. The van der Waals surface area contributed by atoms with Gasteiger partial charge in [0.05, 0.1) is 12.8 Å². The van der Waals surface area contributed by atoms with E-state index in [1.807, 2.05) is 5.32 Å². The average Bonchev–Trinajstić information content (AvgIpc) is 2.63. The van der Waals surface area contributed by atoms with Crippen LogP contribution in [0.25, 0.3) is 0 Å². The van der Waals surface area contributed by atoms with Crippen LogP contribution in [-0.2, 0) is 4.74 Å². The molecular weight excluding hydrogens is 386 g/mol. The Kier molecular flexibility index (Phi) is 6.45. The summed E-state index contributed by atoms with van der Waals surface area (Å²) in [5.74, 6) is -2.67. The highest BCUT2D eigenvalue weighted by atomic mass is 19.4. The molecule has 1 amide bonds. The van der Waals surface area contributed by atoms with E-state index >= 15 is 0 Å². The summed E-state index contributed by atoms with van der Waals surface area (Å²) >= 11 is 0. The molecule has 2 aromatic rings. The van der Waals surface area contributed by atoms with Gasteiger partial charge in [0, 0.05) is 6.07 Å². The zero-order valence-electron chi connectivity index (χ0n) is 14.7. The summed E-state index contributed by atoms with van der Waals surface area (Å²) in [4.78, 5) is 23.6. The van der Waals surface area contributed by atoms with Crippen LogP contribution in [0.4, 0.5) is 28.0 Å². The molecule has 0 saturated carbocycles. The van der Waals surface area contributed by atoms with Gasteiger partial charge in [-0.05, 0) is 25.1 Å². The minimum absolute atomic E-state index is 0.161. The van der Waals surface area contributed by atoms with Crippen LogP contribution in [0.5, 0.6) is 11.5 Å². The van der Waals surface area contributed by atoms with Gasteiger partial charge in [-0.15, -0.1) is 0 Å². The van der Waals surface area contributed by atoms with Gasteiger partial charge < -0.3 is 14.2 Å². The first-order valence-corrected chi connectivity index (χ1v) is 7.81. The predicted molar refractivity (Wildman–Crippen MR) is 90.0 cm³/mol. The molecule has 0 heterocycles. The second kappa shape index (κ2) is 8.59. The number of carbonyl (C=O) groups is 2. The fourth-order valence-electron chi connectivity index (χ4n) is 2.00. The highest BCUT2D eigenvalue weighted by molar-refractivity contribution is 5.94. The number of para-hydroxylation sites is 1. The highest BCUT2D eigenvalue weighted by Crippen LogP contribution is 2.31. The van der Waals surface area contributed by atoms with Gasteiger partial charge in [0.25, 0.3) is 0 Å². The third-order valence-corrected chi connectivity index (χ3v) is 3.43. The van der Waals surface area contributed by atoms with E-state index in [4.69, 9.17) is 9.47 Å². The quantitative estimate of drug-likeness (QED) is 0.588. The van der Waals surface area contributed by atoms with Crippen LogP contribution in [0.2, 0.25) is 0 Å². The maximum atomic E-state index is 14.2. The van der Waals surface area contributed by atoms with Crippen LogP contribution in [0.3, 0.4) is 0 Å². The molecule has 6 nitrogen and oxygen atoms in total. The van der Waals surface area contributed by atoms with Gasteiger partial charge in [-0.3, -0.25) is 5.32 Å². The van der Waals surface area contributed by atoms with Crippen molar-refractivity contribution < 1.29 is 41.4 Å². The van der Waals surface area contributed by atoms with E-state index in [1.165, 1.54) is 12.1 Å². The van der Waals surface area contributed by atoms with Crippen molar-refractivity contribution in [2.75, 3.05) is 12.4 Å². The molecule has 10 heteroatoms. The van der Waals surface area contributed by atoms with Gasteiger partial charge in [-0.2, -0.15) is 13.2 Å². The third-order valence-electron chi connectivity index (χ3n) is 3.43. The number of anilines is 1. The minimum atomic E-state index is -4.73. The van der Waals surface area contributed by atoms with E-state index in [0.717, 1.165) is 13.2 Å². The lowest BCUT2D eigenvalue weighted by Gasteiger charge is -2.20. The topological polar surface area (TPSA) is 73.9 Å². The van der Waals surface area contributed by atoms with Crippen molar-refractivity contribution in [1.29, 1.82) is 0 Å². The molecule has 0 aliphatic rings. The number of alkyl halides is 3. The van der Waals surface area contributed by atoms with Crippen molar-refractivity contribution in [1.82, 2.24) is 0 Å². The molecule has 0 aliphatic carbocycles. The van der Waals surface area contributed by atoms with Crippen molar-refractivity contribution in [3.05, 3.63) is 53.8 Å². The van der Waals surface area contributed by atoms with Gasteiger partial charge >= 0.3 is 18.2 Å². The number of halogens is 4. The van der Waals surface area contributed by atoms with Crippen molar-refractivity contribution in [3.8, 4) is 11.5 Å². The molecular formula is C18H15F4NO5. The molecule has 0 aliphatic heterocycles. The first-order valence-electron chi connectivity index (χ1n) is 7.81. The molecule has 0 unspecified atom stereocenters. The standard InChI is InChI=1S/C18H15F4NO5/c1-10(18(20,21)22)27-15-9-14(13(19)8-12(15)16(24)26-2)23-17(25)28-11-6-4-3-5-7-11/h3-10H,1-2H3,(H,23,25)/t10-/m0/s1. The SMILES string of the molecule is COC(=O)c1cc(F)c(NC(=O)Oc2ccccc2)cc1O[C@@H](C)C(F)(F)F. The number of hydrogen-bond donors (Lipinski definition) is 1. The van der Waals surface area contributed by atoms with E-state index < -0.39 is 47.2 Å². The number of amides is 1. The smallest absolute Gasteiger partial charge is 0.425 e. The van der Waals surface area contributed by atoms with Crippen molar-refractivity contribution in [2.45, 2.75) is 19.2 Å². The number of methoxy groups -OCH3 is 1. The molecule has 1 N–H and O–H groups in total. The molecule has 0 fully saturated rings. The van der Waals surface area contributed by atoms with E-state index in [9.17, 15) is 27.2 Å². The highest BCUT2D eigenvalue weighted by Gasteiger charge is 2.39. The first kappa shape index (κ1) is 21.0. The molecule has 0 bridgehead atoms. The zero-order valence-corrected chi connectivity index (χ0v) is 14.7. The summed E-state index contributed by atoms with van der Waals surface area (Å²) in [5, 5.41) is 2.05. The number of rotatable bonds is 5. The second-order valence-electron chi connectivity index (χ2n) is 5.45. The maximum Gasteiger partial charge on any atom is 0.425 e. The third kappa shape index (κ3) is 5.35. The minimum Gasteiger partial charge on any atom is -0.480 e. The molecule has 2 aromatic carbocycles. The predicted octanol–water partition coefficient (Wildman–Crippen LogP) is 4.55. The Morgan fingerprint density at radius 3 is 2.32 bits per heavy atom. The molecule has 28 heavy (non-hydrogen) atoms. The molecule has 0 spiro atoms. The lowest BCUT2D eigenvalue weighted by Crippen LogP contribution is -2.31. The van der Waals surface area contributed by atoms with Crippen LogP contribution in [-0.4, -0.2) is 31.5 Å². The second-order valence-corrected chi connectivity index (χ2v) is 5.45. The Morgan fingerprint density at radius 1 is 1.11 bits per heavy atom. The molecule has 1 atom stereocenters. The van der Waals surface area contributed by atoms with Crippen molar-refractivity contribution >= 4 is 17.7 Å². The summed E-state index contributed by atoms with van der Waals surface area (Å²) in [5.41, 5.74) is -1.11. The molecule has 0 aromatic heterocycles. The lowest BCUT2D eigenvalue weighted by molar-refractivity contribution is -0.189. The van der Waals surface area contributed by atoms with Gasteiger partial charge in [0.2, 0.25) is 0 Å². The van der Waals surface area contributed by atoms with Crippen LogP contribution >= 0.6 is 0 Å². The van der Waals surface area contributed by atoms with Crippen LogP contribution in [0, 0.1) is 5.82 Å². The van der Waals surface area contributed by atoms with E-state index in [0.29, 0.717) is 13.0 Å². The normalized spacial score (nSPS) is 12.1. The molecule has 0 radical (unpaired) electrons. The molecule has 150 valence electrons. The van der Waals surface area contributed by atoms with Crippen LogP contribution in [0.15, 0.2) is 42.5 Å². The summed E-state index contributed by atoms with van der Waals surface area (Å²) in [6, 6.07) is 9.16. The number of carbonyl (C=O) groups excluding carboxylic acids is 2. The Labute approximate surface area is 157 Å². The Balaban J connectivity index is 2.30. The monoisotopic (exact) mass is 401 g/mol. The Bertz CT molecular complexity index is 855. The maximum absolute atomic E-state index is 14.2. The summed E-state index contributed by atoms with van der Waals surface area (Å²) in [6.45, 7) is 0.710. The lowest BCUT2D eigenvalue weighted by atomic mass is 10.1. The zero-order chi connectivity index (χ0) is 20.9. The number of esters is 1. The Hall–Kier alpha value is -3.30. The largest absolute Gasteiger partial charge is 0.480 e. The number of hydrogen-bond acceptors (Lipinski definition) is 5. The van der Waals surface area contributed by atoms with Gasteiger partial charge in [-0.25, -0.2) is 14.0 Å². The van der Waals surface area contributed by atoms with Gasteiger partial charge in [0.1, 0.15) is 22.9 Å². The fourth-order valence-corrected chi connectivity index (χ4v) is 2.00. The van der Waals surface area contributed by atoms with Crippen molar-refractivity contribution in [3.63, 3.8) is 0 Å². The van der Waals surface area contributed by atoms with Crippen molar-refractivity contribution in [2.24, 2.45) is 0 Å². The number of nitrogens with one attached hydrogen (secondary N) is 1. The molecule has 0 saturated heterocycles. The van der Waals surface area contributed by atoms with Gasteiger partial charge in [-0.1, -0.05) is 18.2 Å². The summed E-state index contributed by atoms with van der Waals surface area (Å²) < 4.78 is 66.7. The number of ether oxygens (including phenoxy) is 3. The summed E-state index contributed by atoms with van der Waals surface area (Å²) in [7, 11) is 0.973. The van der Waals surface area contributed by atoms with E-state index in [2.05, 4.69) is 4.74 Å². The van der Waals surface area contributed by atoms with E-state index in [-0.39, 0.29) is 5.75 Å². The van der Waals surface area contributed by atoms with Crippen LogP contribution < -0.4 is 14.8 Å². The van der Waals surface area contributed by atoms with Crippen LogP contribution in [0.1, 0.15) is 17.3 Å². The average molecular weight is 401 g/mol. The summed E-state index contributed by atoms with van der Waals surface area (Å²) in [6.07, 6.45) is -8.13. The van der Waals surface area contributed by atoms with E-state index in [1.54, 1.807) is 18.2 Å². The number of benzene rings is 2. The van der Waals surface area contributed by atoms with Gasteiger partial charge in [0.15, 0.2) is 6.10 Å². The Morgan fingerprint density at radius 2 is 1.75 bits per heavy atom. The fraction of sp³-hybridized carbons (Fsp3) is 0.222. The molecule has 2 rings (SSSR count).